The van der Waals surface area contributed by atoms with E-state index in [1.165, 1.54) is 7.11 Å². The van der Waals surface area contributed by atoms with Gasteiger partial charge in [0.2, 0.25) is 0 Å². The maximum absolute atomic E-state index is 10.9. The van der Waals surface area contributed by atoms with E-state index < -0.39 is 0 Å². The molecule has 0 atom stereocenters. The van der Waals surface area contributed by atoms with Crippen molar-refractivity contribution in [3.05, 3.63) is 17.4 Å². The summed E-state index contributed by atoms with van der Waals surface area (Å²) in [5.74, 6) is -0.280. The van der Waals surface area contributed by atoms with Crippen LogP contribution in [0.5, 0.6) is 0 Å². The smallest absolute Gasteiger partial charge is 0.341 e. The van der Waals surface area contributed by atoms with Gasteiger partial charge in [-0.05, 0) is 18.9 Å². The Morgan fingerprint density at radius 2 is 2.18 bits per heavy atom. The van der Waals surface area contributed by atoms with Crippen molar-refractivity contribution in [3.8, 4) is 0 Å². The molecule has 0 aliphatic rings. The van der Waals surface area contributed by atoms with Crippen LogP contribution >= 0.6 is 0 Å². The molecule has 0 rings (SSSR count). The number of hydrogen-bond acceptors (Lipinski definition) is 2. The maximum Gasteiger partial charge on any atom is 0.341 e. The second-order valence-corrected chi connectivity index (χ2v) is 2.08. The lowest BCUT2D eigenvalue weighted by Gasteiger charge is -1.96. The minimum absolute atomic E-state index is 0.280. The lowest BCUT2D eigenvalue weighted by molar-refractivity contribution is -0.136. The molecular formula is C9H14O2. The van der Waals surface area contributed by atoms with Crippen molar-refractivity contribution in [3.63, 3.8) is 0 Å². The molecular weight excluding hydrogens is 140 g/mol. The molecule has 2 heteroatoms. The van der Waals surface area contributed by atoms with Crippen LogP contribution in [0.4, 0.5) is 0 Å². The van der Waals surface area contributed by atoms with E-state index in [2.05, 4.69) is 10.5 Å². The summed E-state index contributed by atoms with van der Waals surface area (Å²) < 4.78 is 4.54. The molecule has 0 aromatic rings. The van der Waals surface area contributed by atoms with Crippen LogP contribution in [0.25, 0.3) is 0 Å². The summed E-state index contributed by atoms with van der Waals surface area (Å²) in [5, 5.41) is 0. The largest absolute Gasteiger partial charge is 0.465 e. The van der Waals surface area contributed by atoms with Crippen molar-refractivity contribution in [2.24, 2.45) is 0 Å². The summed E-state index contributed by atoms with van der Waals surface area (Å²) in [6.07, 6.45) is 3.39. The highest BCUT2D eigenvalue weighted by molar-refractivity contribution is 5.87. The summed E-state index contributed by atoms with van der Waals surface area (Å²) in [5.41, 5.74) is 3.49. The molecule has 0 bridgehead atoms. The van der Waals surface area contributed by atoms with Crippen LogP contribution < -0.4 is 0 Å². The van der Waals surface area contributed by atoms with Crippen LogP contribution in [-0.2, 0) is 9.53 Å². The van der Waals surface area contributed by atoms with Crippen LogP contribution in [0.2, 0.25) is 0 Å². The lowest BCUT2D eigenvalue weighted by atomic mass is 10.2. The van der Waals surface area contributed by atoms with Crippen LogP contribution in [0, 0.1) is 0 Å². The van der Waals surface area contributed by atoms with Gasteiger partial charge in [0.1, 0.15) is 0 Å². The Balaban J connectivity index is 4.39. The predicted octanol–water partition coefficient (Wildman–Crippen LogP) is 2.06. The Kier molecular flexibility index (Phi) is 5.22. The first-order valence-electron chi connectivity index (χ1n) is 3.78. The summed E-state index contributed by atoms with van der Waals surface area (Å²) in [7, 11) is 1.38. The van der Waals surface area contributed by atoms with Gasteiger partial charge >= 0.3 is 5.97 Å². The van der Waals surface area contributed by atoms with E-state index in [9.17, 15) is 4.79 Å². The molecule has 0 saturated carbocycles. The van der Waals surface area contributed by atoms with Crippen molar-refractivity contribution in [2.75, 3.05) is 7.11 Å². The van der Waals surface area contributed by atoms with Crippen LogP contribution in [-0.4, -0.2) is 13.1 Å². The molecule has 2 nitrogen and oxygen atoms in total. The summed E-state index contributed by atoms with van der Waals surface area (Å²) in [4.78, 5) is 10.9. The molecule has 0 aromatic heterocycles. The van der Waals surface area contributed by atoms with E-state index in [4.69, 9.17) is 0 Å². The van der Waals surface area contributed by atoms with E-state index in [-0.39, 0.29) is 5.97 Å². The third-order valence-corrected chi connectivity index (χ3v) is 1.27. The number of carbonyl (C=O) groups excluding carboxylic acids is 1. The first-order chi connectivity index (χ1) is 5.26. The second kappa shape index (κ2) is 5.75. The molecule has 11 heavy (non-hydrogen) atoms. The molecule has 0 N–H and O–H groups in total. The molecule has 0 aromatic carbocycles. The molecule has 0 spiro atoms. The molecule has 0 radical (unpaired) electrons. The van der Waals surface area contributed by atoms with Crippen molar-refractivity contribution in [1.29, 1.82) is 0 Å². The monoisotopic (exact) mass is 154 g/mol. The molecule has 0 unspecified atom stereocenters. The zero-order valence-electron chi connectivity index (χ0n) is 7.31. The van der Waals surface area contributed by atoms with E-state index >= 15 is 0 Å². The van der Waals surface area contributed by atoms with Gasteiger partial charge in [-0.3, -0.25) is 0 Å². The minimum Gasteiger partial charge on any atom is -0.465 e. The highest BCUT2D eigenvalue weighted by Gasteiger charge is 2.03. The van der Waals surface area contributed by atoms with Gasteiger partial charge in [0.15, 0.2) is 0 Å². The quantitative estimate of drug-likeness (QED) is 0.353. The summed E-state index contributed by atoms with van der Waals surface area (Å²) >= 11 is 0. The first-order valence-corrected chi connectivity index (χ1v) is 3.78. The average molecular weight is 154 g/mol. The number of ether oxygens (including phenoxy) is 1. The molecule has 62 valence electrons. The van der Waals surface area contributed by atoms with Gasteiger partial charge in [-0.1, -0.05) is 13.8 Å². The standard InChI is InChI=1S/C9H14O2/c1-4-6-7-8(5-2)9(10)11-3/h6H,4-5H2,1-3H3. The number of carbonyl (C=O) groups is 1. The molecule has 0 amide bonds. The van der Waals surface area contributed by atoms with E-state index in [1.807, 2.05) is 19.9 Å². The normalized spacial score (nSPS) is 8.27. The SMILES string of the molecule is CCC=C=C(CC)C(=O)OC. The van der Waals surface area contributed by atoms with Crippen molar-refractivity contribution in [2.45, 2.75) is 26.7 Å². The zero-order valence-corrected chi connectivity index (χ0v) is 7.31. The van der Waals surface area contributed by atoms with Crippen LogP contribution in [0.3, 0.4) is 0 Å². The van der Waals surface area contributed by atoms with Gasteiger partial charge in [-0.2, -0.15) is 0 Å². The summed E-state index contributed by atoms with van der Waals surface area (Å²) in [6, 6.07) is 0. The van der Waals surface area contributed by atoms with Gasteiger partial charge in [-0.25, -0.2) is 4.79 Å². The van der Waals surface area contributed by atoms with E-state index in [1.54, 1.807) is 0 Å². The Morgan fingerprint density at radius 3 is 2.55 bits per heavy atom. The Bertz CT molecular complexity index is 186. The molecule has 0 heterocycles. The van der Waals surface area contributed by atoms with Crippen molar-refractivity contribution >= 4 is 5.97 Å². The number of hydrogen-bond donors (Lipinski definition) is 0. The van der Waals surface area contributed by atoms with Crippen molar-refractivity contribution < 1.29 is 9.53 Å². The summed E-state index contributed by atoms with van der Waals surface area (Å²) in [6.45, 7) is 3.90. The van der Waals surface area contributed by atoms with Gasteiger partial charge in [0, 0.05) is 0 Å². The third-order valence-electron chi connectivity index (χ3n) is 1.27. The Labute approximate surface area is 67.6 Å². The number of rotatable bonds is 3. The van der Waals surface area contributed by atoms with Gasteiger partial charge in [0.25, 0.3) is 0 Å². The number of esters is 1. The predicted molar refractivity (Wildman–Crippen MR) is 44.2 cm³/mol. The molecule has 0 aliphatic carbocycles. The molecule has 0 aliphatic heterocycles. The highest BCUT2D eigenvalue weighted by atomic mass is 16.5. The fourth-order valence-corrected chi connectivity index (χ4v) is 0.654. The number of methoxy groups -OCH3 is 1. The van der Waals surface area contributed by atoms with Crippen LogP contribution in [0.15, 0.2) is 17.4 Å². The fraction of sp³-hybridized carbons (Fsp3) is 0.556. The van der Waals surface area contributed by atoms with Gasteiger partial charge in [0.05, 0.1) is 12.7 Å². The average Bonchev–Trinajstić information content (AvgIpc) is 2.05. The molecule has 0 fully saturated rings. The second-order valence-electron chi connectivity index (χ2n) is 2.08. The Hall–Kier alpha value is -1.01. The van der Waals surface area contributed by atoms with Gasteiger partial charge < -0.3 is 4.74 Å². The van der Waals surface area contributed by atoms with Crippen molar-refractivity contribution in [1.82, 2.24) is 0 Å². The Morgan fingerprint density at radius 1 is 1.55 bits per heavy atom. The van der Waals surface area contributed by atoms with E-state index in [0.717, 1.165) is 6.42 Å². The lowest BCUT2D eigenvalue weighted by Crippen LogP contribution is -2.02. The first kappa shape index (κ1) is 9.99. The zero-order chi connectivity index (χ0) is 8.69. The molecule has 0 saturated heterocycles. The highest BCUT2D eigenvalue weighted by Crippen LogP contribution is 2.00. The fourth-order valence-electron chi connectivity index (χ4n) is 0.654. The topological polar surface area (TPSA) is 26.3 Å². The van der Waals surface area contributed by atoms with Crippen LogP contribution in [0.1, 0.15) is 26.7 Å². The maximum atomic E-state index is 10.9. The van der Waals surface area contributed by atoms with Gasteiger partial charge in [-0.15, -0.1) is 5.73 Å². The minimum atomic E-state index is -0.280. The third kappa shape index (κ3) is 3.64. The van der Waals surface area contributed by atoms with E-state index in [0.29, 0.717) is 12.0 Å².